The molecule has 1 aliphatic rings. The predicted octanol–water partition coefficient (Wildman–Crippen LogP) is 3.46. The molecule has 1 fully saturated rings. The molecule has 0 saturated heterocycles. The lowest BCUT2D eigenvalue weighted by atomic mass is 9.95. The molecule has 1 aliphatic carbocycles. The Morgan fingerprint density at radius 2 is 1.90 bits per heavy atom. The van der Waals surface area contributed by atoms with E-state index in [-0.39, 0.29) is 18.3 Å². The number of hydrogen-bond donors (Lipinski definition) is 1. The summed E-state index contributed by atoms with van der Waals surface area (Å²) >= 11 is 0. The van der Waals surface area contributed by atoms with Gasteiger partial charge in [-0.05, 0) is 36.6 Å². The van der Waals surface area contributed by atoms with Crippen LogP contribution < -0.4 is 0 Å². The average molecular weight is 288 g/mol. The molecular formula is C17H21FN2O. The van der Waals surface area contributed by atoms with Crippen LogP contribution >= 0.6 is 0 Å². The summed E-state index contributed by atoms with van der Waals surface area (Å²) in [6.45, 7) is 0.0436. The van der Waals surface area contributed by atoms with Gasteiger partial charge in [0.05, 0.1) is 18.3 Å². The second kappa shape index (κ2) is 6.39. The Balaban J connectivity index is 1.70. The van der Waals surface area contributed by atoms with Gasteiger partial charge in [0.2, 0.25) is 0 Å². The standard InChI is InChI=1S/C17H21FN2O/c18-15-7-5-13(6-8-15)14(12-21)11-16-9-10-20(19-16)17-3-1-2-4-17/h5-10,14,17,21H,1-4,11-12H2. The molecule has 0 spiro atoms. The summed E-state index contributed by atoms with van der Waals surface area (Å²) < 4.78 is 15.0. The van der Waals surface area contributed by atoms with Gasteiger partial charge in [-0.15, -0.1) is 0 Å². The largest absolute Gasteiger partial charge is 0.396 e. The SMILES string of the molecule is OCC(Cc1ccn(C2CCCC2)n1)c1ccc(F)cc1. The molecule has 112 valence electrons. The van der Waals surface area contributed by atoms with Gasteiger partial charge in [-0.3, -0.25) is 4.68 Å². The zero-order chi connectivity index (χ0) is 14.7. The van der Waals surface area contributed by atoms with Gasteiger partial charge in [0.15, 0.2) is 0 Å². The van der Waals surface area contributed by atoms with E-state index < -0.39 is 0 Å². The van der Waals surface area contributed by atoms with E-state index in [4.69, 9.17) is 0 Å². The Morgan fingerprint density at radius 3 is 2.57 bits per heavy atom. The molecule has 4 heteroatoms. The third-order valence-electron chi connectivity index (χ3n) is 4.38. The highest BCUT2D eigenvalue weighted by atomic mass is 19.1. The third-order valence-corrected chi connectivity index (χ3v) is 4.38. The summed E-state index contributed by atoms with van der Waals surface area (Å²) in [5, 5.41) is 14.3. The number of nitrogens with zero attached hydrogens (tertiary/aromatic N) is 2. The van der Waals surface area contributed by atoms with Gasteiger partial charge >= 0.3 is 0 Å². The minimum Gasteiger partial charge on any atom is -0.396 e. The van der Waals surface area contributed by atoms with Crippen LogP contribution in [0.1, 0.15) is 48.9 Å². The Kier molecular flexibility index (Phi) is 4.34. The second-order valence-electron chi connectivity index (χ2n) is 5.86. The van der Waals surface area contributed by atoms with Crippen molar-refractivity contribution >= 4 is 0 Å². The number of aliphatic hydroxyl groups excluding tert-OH is 1. The number of hydrogen-bond acceptors (Lipinski definition) is 2. The van der Waals surface area contributed by atoms with Gasteiger partial charge in [0, 0.05) is 18.5 Å². The van der Waals surface area contributed by atoms with Gasteiger partial charge in [-0.2, -0.15) is 5.10 Å². The van der Waals surface area contributed by atoms with Crippen molar-refractivity contribution in [2.45, 2.75) is 44.1 Å². The fourth-order valence-corrected chi connectivity index (χ4v) is 3.13. The van der Waals surface area contributed by atoms with Crippen molar-refractivity contribution in [3.63, 3.8) is 0 Å². The molecule has 1 heterocycles. The second-order valence-corrected chi connectivity index (χ2v) is 5.86. The van der Waals surface area contributed by atoms with Crippen molar-refractivity contribution in [2.75, 3.05) is 6.61 Å². The molecule has 2 aromatic rings. The van der Waals surface area contributed by atoms with Gasteiger partial charge in [0.1, 0.15) is 5.82 Å². The van der Waals surface area contributed by atoms with Crippen LogP contribution in [-0.4, -0.2) is 21.5 Å². The first-order valence-electron chi connectivity index (χ1n) is 7.66. The molecule has 1 unspecified atom stereocenters. The molecule has 3 rings (SSSR count). The highest BCUT2D eigenvalue weighted by Crippen LogP contribution is 2.29. The van der Waals surface area contributed by atoms with Crippen molar-refractivity contribution < 1.29 is 9.50 Å². The molecule has 1 saturated carbocycles. The first-order valence-corrected chi connectivity index (χ1v) is 7.66. The number of halogens is 1. The van der Waals surface area contributed by atoms with Crippen molar-refractivity contribution in [1.82, 2.24) is 9.78 Å². The minimum atomic E-state index is -0.249. The van der Waals surface area contributed by atoms with Gasteiger partial charge in [-0.1, -0.05) is 25.0 Å². The van der Waals surface area contributed by atoms with Crippen LogP contribution in [0.25, 0.3) is 0 Å². The summed E-state index contributed by atoms with van der Waals surface area (Å²) in [6, 6.07) is 8.93. The number of rotatable bonds is 5. The molecule has 1 atom stereocenters. The fourth-order valence-electron chi connectivity index (χ4n) is 3.13. The van der Waals surface area contributed by atoms with Gasteiger partial charge < -0.3 is 5.11 Å². The van der Waals surface area contributed by atoms with Crippen molar-refractivity contribution in [2.24, 2.45) is 0 Å². The summed E-state index contributed by atoms with van der Waals surface area (Å²) in [4.78, 5) is 0. The molecular weight excluding hydrogens is 267 g/mol. The van der Waals surface area contributed by atoms with Crippen LogP contribution in [0.2, 0.25) is 0 Å². The molecule has 0 radical (unpaired) electrons. The maximum atomic E-state index is 13.0. The molecule has 1 N–H and O–H groups in total. The average Bonchev–Trinajstić information content (AvgIpc) is 3.17. The lowest BCUT2D eigenvalue weighted by Gasteiger charge is -2.13. The monoisotopic (exact) mass is 288 g/mol. The highest BCUT2D eigenvalue weighted by molar-refractivity contribution is 5.22. The fraction of sp³-hybridized carbons (Fsp3) is 0.471. The Morgan fingerprint density at radius 1 is 1.19 bits per heavy atom. The summed E-state index contributed by atoms with van der Waals surface area (Å²) in [5.74, 6) is -0.279. The van der Waals surface area contributed by atoms with Crippen LogP contribution in [0.4, 0.5) is 4.39 Å². The predicted molar refractivity (Wildman–Crippen MR) is 79.7 cm³/mol. The van der Waals surface area contributed by atoms with Crippen LogP contribution in [0.3, 0.4) is 0 Å². The summed E-state index contributed by atoms with van der Waals surface area (Å²) in [5.41, 5.74) is 1.94. The van der Waals surface area contributed by atoms with Crippen molar-refractivity contribution in [1.29, 1.82) is 0 Å². The molecule has 3 nitrogen and oxygen atoms in total. The smallest absolute Gasteiger partial charge is 0.123 e. The Labute approximate surface area is 124 Å². The Hall–Kier alpha value is -1.68. The normalized spacial score (nSPS) is 17.2. The molecule has 0 aliphatic heterocycles. The third kappa shape index (κ3) is 3.32. The first kappa shape index (κ1) is 14.3. The summed E-state index contributed by atoms with van der Waals surface area (Å²) in [6.07, 6.45) is 7.72. The topological polar surface area (TPSA) is 38.0 Å². The quantitative estimate of drug-likeness (QED) is 0.915. The molecule has 0 amide bonds. The summed E-state index contributed by atoms with van der Waals surface area (Å²) in [7, 11) is 0. The molecule has 21 heavy (non-hydrogen) atoms. The van der Waals surface area contributed by atoms with E-state index in [0.29, 0.717) is 12.5 Å². The van der Waals surface area contributed by atoms with Gasteiger partial charge in [0.25, 0.3) is 0 Å². The molecule has 1 aromatic heterocycles. The maximum absolute atomic E-state index is 13.0. The van der Waals surface area contributed by atoms with Crippen LogP contribution in [0.5, 0.6) is 0 Å². The zero-order valence-electron chi connectivity index (χ0n) is 12.1. The van der Waals surface area contributed by atoms with Gasteiger partial charge in [-0.25, -0.2) is 4.39 Å². The molecule has 1 aromatic carbocycles. The number of benzene rings is 1. The number of aromatic nitrogens is 2. The van der Waals surface area contributed by atoms with E-state index in [1.165, 1.54) is 37.8 Å². The minimum absolute atomic E-state index is 0.0301. The van der Waals surface area contributed by atoms with E-state index >= 15 is 0 Å². The van der Waals surface area contributed by atoms with Crippen LogP contribution in [0, 0.1) is 5.82 Å². The van der Waals surface area contributed by atoms with Crippen LogP contribution in [0.15, 0.2) is 36.5 Å². The maximum Gasteiger partial charge on any atom is 0.123 e. The lowest BCUT2D eigenvalue weighted by molar-refractivity contribution is 0.263. The van der Waals surface area contributed by atoms with Crippen molar-refractivity contribution in [3.05, 3.63) is 53.6 Å². The van der Waals surface area contributed by atoms with E-state index in [0.717, 1.165) is 11.3 Å². The van der Waals surface area contributed by atoms with Crippen LogP contribution in [-0.2, 0) is 6.42 Å². The van der Waals surface area contributed by atoms with E-state index in [1.54, 1.807) is 12.1 Å². The molecule has 0 bridgehead atoms. The van der Waals surface area contributed by atoms with E-state index in [9.17, 15) is 9.50 Å². The zero-order valence-corrected chi connectivity index (χ0v) is 12.1. The van der Waals surface area contributed by atoms with E-state index in [1.807, 2.05) is 12.3 Å². The Bertz CT molecular complexity index is 573. The highest BCUT2D eigenvalue weighted by Gasteiger charge is 2.19. The van der Waals surface area contributed by atoms with E-state index in [2.05, 4.69) is 9.78 Å². The van der Waals surface area contributed by atoms with Crippen molar-refractivity contribution in [3.8, 4) is 0 Å². The lowest BCUT2D eigenvalue weighted by Crippen LogP contribution is -2.10. The number of aliphatic hydroxyl groups is 1. The first-order chi connectivity index (χ1) is 10.3.